The maximum Gasteiger partial charge on any atom is 0.352 e. The lowest BCUT2D eigenvalue weighted by Gasteiger charge is -2.12. The highest BCUT2D eigenvalue weighted by atomic mass is 16.5. The van der Waals surface area contributed by atoms with Crippen LogP contribution in [0.15, 0.2) is 42.6 Å². The van der Waals surface area contributed by atoms with Gasteiger partial charge in [-0.1, -0.05) is 12.1 Å². The largest absolute Gasteiger partial charge is 0.492 e. The molecule has 17 heavy (non-hydrogen) atoms. The molecule has 1 aromatic heterocycles. The first kappa shape index (κ1) is 11.3. The van der Waals surface area contributed by atoms with Crippen LogP contribution >= 0.6 is 0 Å². The number of nitrogens with zero attached hydrogens (tertiary/aromatic N) is 1. The summed E-state index contributed by atoms with van der Waals surface area (Å²) in [5.41, 5.74) is 0.953. The molecule has 0 aliphatic heterocycles. The summed E-state index contributed by atoms with van der Waals surface area (Å²) in [6.07, 6.45) is 1.71. The molecule has 2 aromatic rings. The van der Waals surface area contributed by atoms with Crippen molar-refractivity contribution in [2.45, 2.75) is 6.92 Å². The standard InChI is InChI=1S/C13H13NO3/c1-2-17-12-8-4-3-6-10(12)14-9-5-7-11(14)13(15)16/h3-9H,2H2,1H3,(H,15,16). The molecule has 1 aromatic carbocycles. The zero-order chi connectivity index (χ0) is 12.3. The van der Waals surface area contributed by atoms with Gasteiger partial charge in [0.15, 0.2) is 0 Å². The highest BCUT2D eigenvalue weighted by molar-refractivity contribution is 5.86. The van der Waals surface area contributed by atoms with Crippen molar-refractivity contribution >= 4 is 5.97 Å². The van der Waals surface area contributed by atoms with E-state index in [-0.39, 0.29) is 5.69 Å². The van der Waals surface area contributed by atoms with Crippen molar-refractivity contribution in [1.82, 2.24) is 4.57 Å². The van der Waals surface area contributed by atoms with Gasteiger partial charge in [-0.25, -0.2) is 4.79 Å². The number of rotatable bonds is 4. The van der Waals surface area contributed by atoms with Crippen LogP contribution < -0.4 is 4.74 Å². The molecule has 0 unspecified atom stereocenters. The molecule has 1 heterocycles. The van der Waals surface area contributed by atoms with Gasteiger partial charge in [-0.3, -0.25) is 0 Å². The molecule has 0 radical (unpaired) electrons. The molecule has 4 heteroatoms. The number of ether oxygens (including phenoxy) is 1. The fraction of sp³-hybridized carbons (Fsp3) is 0.154. The quantitative estimate of drug-likeness (QED) is 0.879. The van der Waals surface area contributed by atoms with Gasteiger partial charge in [0.05, 0.1) is 12.3 Å². The molecule has 4 nitrogen and oxygen atoms in total. The molecule has 0 saturated heterocycles. The third-order valence-electron chi connectivity index (χ3n) is 2.39. The van der Waals surface area contributed by atoms with Crippen molar-refractivity contribution in [1.29, 1.82) is 0 Å². The summed E-state index contributed by atoms with van der Waals surface area (Å²) in [5.74, 6) is -0.282. The highest BCUT2D eigenvalue weighted by Crippen LogP contribution is 2.24. The normalized spacial score (nSPS) is 10.2. The number of carboxylic acids is 1. The maximum absolute atomic E-state index is 11.1. The fourth-order valence-corrected chi connectivity index (χ4v) is 1.70. The van der Waals surface area contributed by atoms with Crippen LogP contribution in [-0.2, 0) is 0 Å². The topological polar surface area (TPSA) is 51.5 Å². The summed E-state index contributed by atoms with van der Waals surface area (Å²) in [5, 5.41) is 9.07. The third-order valence-corrected chi connectivity index (χ3v) is 2.39. The van der Waals surface area contributed by atoms with Gasteiger partial charge >= 0.3 is 5.97 Å². The van der Waals surface area contributed by atoms with Crippen LogP contribution in [0.1, 0.15) is 17.4 Å². The van der Waals surface area contributed by atoms with E-state index in [1.54, 1.807) is 22.9 Å². The van der Waals surface area contributed by atoms with E-state index < -0.39 is 5.97 Å². The molecule has 0 saturated carbocycles. The van der Waals surface area contributed by atoms with E-state index in [9.17, 15) is 4.79 Å². The number of hydrogen-bond acceptors (Lipinski definition) is 2. The van der Waals surface area contributed by atoms with Crippen LogP contribution in [0.5, 0.6) is 5.75 Å². The number of carboxylic acid groups (broad SMARTS) is 1. The minimum Gasteiger partial charge on any atom is -0.492 e. The number of aromatic nitrogens is 1. The smallest absolute Gasteiger partial charge is 0.352 e. The maximum atomic E-state index is 11.1. The van der Waals surface area contributed by atoms with Crippen molar-refractivity contribution in [2.24, 2.45) is 0 Å². The summed E-state index contributed by atoms with van der Waals surface area (Å²) in [6, 6.07) is 10.6. The molecular formula is C13H13NO3. The SMILES string of the molecule is CCOc1ccccc1-n1cccc1C(=O)O. The summed E-state index contributed by atoms with van der Waals surface area (Å²) in [7, 11) is 0. The van der Waals surface area contributed by atoms with Crippen molar-refractivity contribution in [3.8, 4) is 11.4 Å². The first-order valence-electron chi connectivity index (χ1n) is 5.37. The number of aromatic carboxylic acids is 1. The Labute approximate surface area is 99.1 Å². The van der Waals surface area contributed by atoms with E-state index in [4.69, 9.17) is 9.84 Å². The second-order valence-corrected chi connectivity index (χ2v) is 3.47. The Morgan fingerprint density at radius 3 is 2.76 bits per heavy atom. The molecule has 2 rings (SSSR count). The average molecular weight is 231 g/mol. The Hall–Kier alpha value is -2.23. The lowest BCUT2D eigenvalue weighted by molar-refractivity contribution is 0.0688. The number of hydrogen-bond donors (Lipinski definition) is 1. The average Bonchev–Trinajstić information content (AvgIpc) is 2.79. The summed E-state index contributed by atoms with van der Waals surface area (Å²) < 4.78 is 7.09. The summed E-state index contributed by atoms with van der Waals surface area (Å²) >= 11 is 0. The van der Waals surface area contributed by atoms with Crippen molar-refractivity contribution in [3.05, 3.63) is 48.3 Å². The summed E-state index contributed by atoms with van der Waals surface area (Å²) in [6.45, 7) is 2.44. The predicted molar refractivity (Wildman–Crippen MR) is 63.9 cm³/mol. The van der Waals surface area contributed by atoms with E-state index >= 15 is 0 Å². The number of carbonyl (C=O) groups is 1. The van der Waals surface area contributed by atoms with Crippen LogP contribution in [0.4, 0.5) is 0 Å². The van der Waals surface area contributed by atoms with Crippen LogP contribution in [-0.4, -0.2) is 22.2 Å². The molecule has 1 N–H and O–H groups in total. The molecule has 0 spiro atoms. The van der Waals surface area contributed by atoms with E-state index in [2.05, 4.69) is 0 Å². The van der Waals surface area contributed by atoms with Crippen LogP contribution in [0.3, 0.4) is 0 Å². The first-order valence-corrected chi connectivity index (χ1v) is 5.37. The Kier molecular flexibility index (Phi) is 3.14. The van der Waals surface area contributed by atoms with E-state index in [0.717, 1.165) is 5.69 Å². The molecule has 0 atom stereocenters. The minimum absolute atomic E-state index is 0.220. The van der Waals surface area contributed by atoms with Crippen molar-refractivity contribution in [3.63, 3.8) is 0 Å². The van der Waals surface area contributed by atoms with Gasteiger partial charge in [0, 0.05) is 6.20 Å². The van der Waals surface area contributed by atoms with E-state index in [1.807, 2.05) is 31.2 Å². The van der Waals surface area contributed by atoms with Crippen LogP contribution in [0, 0.1) is 0 Å². The van der Waals surface area contributed by atoms with Crippen molar-refractivity contribution < 1.29 is 14.6 Å². The van der Waals surface area contributed by atoms with Gasteiger partial charge < -0.3 is 14.4 Å². The molecule has 0 bridgehead atoms. The molecule has 0 fully saturated rings. The predicted octanol–water partition coefficient (Wildman–Crippen LogP) is 2.57. The third kappa shape index (κ3) is 2.15. The number of benzene rings is 1. The zero-order valence-electron chi connectivity index (χ0n) is 9.46. The van der Waals surface area contributed by atoms with Gasteiger partial charge in [-0.15, -0.1) is 0 Å². The van der Waals surface area contributed by atoms with Gasteiger partial charge in [-0.2, -0.15) is 0 Å². The highest BCUT2D eigenvalue weighted by Gasteiger charge is 2.12. The Bertz CT molecular complexity index is 531. The zero-order valence-corrected chi connectivity index (χ0v) is 9.46. The van der Waals surface area contributed by atoms with E-state index in [1.165, 1.54) is 0 Å². The Morgan fingerprint density at radius 2 is 2.06 bits per heavy atom. The van der Waals surface area contributed by atoms with Gasteiger partial charge in [0.2, 0.25) is 0 Å². The monoisotopic (exact) mass is 231 g/mol. The van der Waals surface area contributed by atoms with E-state index in [0.29, 0.717) is 12.4 Å². The molecule has 0 aliphatic carbocycles. The van der Waals surface area contributed by atoms with Crippen LogP contribution in [0.2, 0.25) is 0 Å². The molecule has 0 aliphatic rings. The molecular weight excluding hydrogens is 218 g/mol. The fourth-order valence-electron chi connectivity index (χ4n) is 1.70. The second-order valence-electron chi connectivity index (χ2n) is 3.47. The van der Waals surface area contributed by atoms with Crippen LogP contribution in [0.25, 0.3) is 5.69 Å². The lowest BCUT2D eigenvalue weighted by Crippen LogP contribution is -2.07. The minimum atomic E-state index is -0.957. The Balaban J connectivity index is 2.52. The molecule has 0 amide bonds. The van der Waals surface area contributed by atoms with Gasteiger partial charge in [0.25, 0.3) is 0 Å². The van der Waals surface area contributed by atoms with Gasteiger partial charge in [0.1, 0.15) is 11.4 Å². The lowest BCUT2D eigenvalue weighted by atomic mass is 10.3. The van der Waals surface area contributed by atoms with Gasteiger partial charge in [-0.05, 0) is 31.2 Å². The Morgan fingerprint density at radius 1 is 1.29 bits per heavy atom. The number of para-hydroxylation sites is 2. The first-order chi connectivity index (χ1) is 8.24. The summed E-state index contributed by atoms with van der Waals surface area (Å²) in [4.78, 5) is 11.1. The molecule has 88 valence electrons. The second kappa shape index (κ2) is 4.74. The van der Waals surface area contributed by atoms with Crippen molar-refractivity contribution in [2.75, 3.05) is 6.61 Å².